The number of rotatable bonds is 9. The number of ether oxygens (including phenoxy) is 1. The summed E-state index contributed by atoms with van der Waals surface area (Å²) >= 11 is 1.10. The number of amides is 1. The van der Waals surface area contributed by atoms with Gasteiger partial charge in [-0.05, 0) is 36.4 Å². The molecule has 0 atom stereocenters. The Balaban J connectivity index is 1.56. The molecule has 0 radical (unpaired) electrons. The number of methoxy groups -OCH3 is 1. The number of hydrogen-bond donors (Lipinski definition) is 1. The third-order valence-corrected chi connectivity index (χ3v) is 7.63. The van der Waals surface area contributed by atoms with E-state index in [0.29, 0.717) is 16.5 Å². The third kappa shape index (κ3) is 5.81. The first kappa shape index (κ1) is 25.1. The number of benzene rings is 3. The van der Waals surface area contributed by atoms with Crippen LogP contribution in [0, 0.1) is 0 Å². The zero-order valence-electron chi connectivity index (χ0n) is 19.2. The Hall–Kier alpha value is -3.96. The van der Waals surface area contributed by atoms with Crippen LogP contribution in [0.2, 0.25) is 0 Å². The highest BCUT2D eigenvalue weighted by molar-refractivity contribution is 7.99. The maximum absolute atomic E-state index is 13.0. The molecule has 0 bridgehead atoms. The third-order valence-electron chi connectivity index (χ3n) is 5.08. The van der Waals surface area contributed by atoms with Crippen LogP contribution in [0.5, 0.6) is 0 Å². The van der Waals surface area contributed by atoms with Crippen molar-refractivity contribution in [1.29, 1.82) is 0 Å². The quantitative estimate of drug-likeness (QED) is 0.261. The maximum atomic E-state index is 13.0. The molecular weight excluding hydrogens is 500 g/mol. The van der Waals surface area contributed by atoms with E-state index in [9.17, 15) is 18.0 Å². The lowest BCUT2D eigenvalue weighted by Gasteiger charge is -2.11. The topological polar surface area (TPSA) is 120 Å². The number of para-hydroxylation sites is 2. The molecule has 184 valence electrons. The second kappa shape index (κ2) is 11.2. The predicted molar refractivity (Wildman–Crippen MR) is 136 cm³/mol. The zero-order valence-corrected chi connectivity index (χ0v) is 20.8. The Labute approximate surface area is 212 Å². The van der Waals surface area contributed by atoms with Gasteiger partial charge in [0.25, 0.3) is 0 Å². The van der Waals surface area contributed by atoms with Gasteiger partial charge in [0.05, 0.1) is 29.0 Å². The number of thioether (sulfide) groups is 1. The van der Waals surface area contributed by atoms with Gasteiger partial charge in [-0.25, -0.2) is 13.2 Å². The lowest BCUT2D eigenvalue weighted by molar-refractivity contribution is -0.113. The van der Waals surface area contributed by atoms with Crippen LogP contribution >= 0.6 is 11.8 Å². The molecule has 9 nitrogen and oxygen atoms in total. The summed E-state index contributed by atoms with van der Waals surface area (Å²) < 4.78 is 32.4. The number of carbonyl (C=O) groups is 2. The molecule has 3 aromatic carbocycles. The number of anilines is 1. The molecule has 0 unspecified atom stereocenters. The van der Waals surface area contributed by atoms with E-state index in [2.05, 4.69) is 15.5 Å². The second-order valence-corrected chi connectivity index (χ2v) is 10.4. The van der Waals surface area contributed by atoms with Gasteiger partial charge in [-0.15, -0.1) is 10.2 Å². The molecule has 0 aliphatic rings. The van der Waals surface area contributed by atoms with Gasteiger partial charge in [-0.3, -0.25) is 9.36 Å². The number of nitrogens with one attached hydrogen (secondary N) is 1. The fourth-order valence-electron chi connectivity index (χ4n) is 3.40. The van der Waals surface area contributed by atoms with Gasteiger partial charge >= 0.3 is 5.97 Å². The molecule has 0 spiro atoms. The Bertz CT molecular complexity index is 1470. The number of nitrogens with zero attached hydrogens (tertiary/aromatic N) is 3. The van der Waals surface area contributed by atoms with Crippen molar-refractivity contribution in [2.45, 2.75) is 15.8 Å². The minimum absolute atomic E-state index is 0.0497. The smallest absolute Gasteiger partial charge is 0.339 e. The molecular formula is C25H22N4O5S2. The van der Waals surface area contributed by atoms with Crippen molar-refractivity contribution in [3.63, 3.8) is 0 Å². The monoisotopic (exact) mass is 522 g/mol. The van der Waals surface area contributed by atoms with Crippen molar-refractivity contribution >= 4 is 39.2 Å². The number of sulfone groups is 1. The van der Waals surface area contributed by atoms with Crippen molar-refractivity contribution in [3.8, 4) is 5.69 Å². The van der Waals surface area contributed by atoms with Crippen molar-refractivity contribution in [3.05, 3.63) is 96.3 Å². The molecule has 1 N–H and O–H groups in total. The van der Waals surface area contributed by atoms with Crippen LogP contribution in [-0.4, -0.2) is 47.9 Å². The van der Waals surface area contributed by atoms with Crippen molar-refractivity contribution in [2.24, 2.45) is 0 Å². The van der Waals surface area contributed by atoms with Gasteiger partial charge in [0.1, 0.15) is 5.75 Å². The Morgan fingerprint density at radius 2 is 1.56 bits per heavy atom. The summed E-state index contributed by atoms with van der Waals surface area (Å²) in [6.45, 7) is 0. The van der Waals surface area contributed by atoms with E-state index >= 15 is 0 Å². The maximum Gasteiger partial charge on any atom is 0.339 e. The standard InChI is InChI=1S/C25H22N4O5S2/c1-34-24(31)20-14-8-9-15-21(20)26-23(30)16-35-25-28-27-22(29(25)18-10-4-2-5-11-18)17-36(32,33)19-12-6-3-7-13-19/h2-15H,16-17H2,1H3,(H,26,30). The van der Waals surface area contributed by atoms with Crippen LogP contribution in [0.25, 0.3) is 5.69 Å². The van der Waals surface area contributed by atoms with Gasteiger partial charge in [0.15, 0.2) is 20.8 Å². The summed E-state index contributed by atoms with van der Waals surface area (Å²) in [7, 11) is -2.41. The van der Waals surface area contributed by atoms with E-state index in [0.717, 1.165) is 11.8 Å². The van der Waals surface area contributed by atoms with E-state index < -0.39 is 15.8 Å². The van der Waals surface area contributed by atoms with Gasteiger partial charge < -0.3 is 10.1 Å². The molecule has 0 fully saturated rings. The molecule has 0 aliphatic heterocycles. The molecule has 36 heavy (non-hydrogen) atoms. The molecule has 0 saturated heterocycles. The number of hydrogen-bond acceptors (Lipinski definition) is 8. The van der Waals surface area contributed by atoms with Crippen LogP contribution in [0.4, 0.5) is 5.69 Å². The van der Waals surface area contributed by atoms with Crippen LogP contribution in [-0.2, 0) is 25.1 Å². The summed E-state index contributed by atoms with van der Waals surface area (Å²) in [5.41, 5.74) is 1.23. The van der Waals surface area contributed by atoms with Gasteiger partial charge in [-0.1, -0.05) is 60.3 Å². The molecule has 0 saturated carbocycles. The lowest BCUT2D eigenvalue weighted by atomic mass is 10.2. The Morgan fingerprint density at radius 3 is 2.25 bits per heavy atom. The van der Waals surface area contributed by atoms with Crippen LogP contribution < -0.4 is 5.32 Å². The number of aromatic nitrogens is 3. The van der Waals surface area contributed by atoms with Crippen molar-refractivity contribution in [1.82, 2.24) is 14.8 Å². The van der Waals surface area contributed by atoms with Crippen LogP contribution in [0.1, 0.15) is 16.2 Å². The molecule has 1 heterocycles. The van der Waals surface area contributed by atoms with E-state index in [1.54, 1.807) is 59.2 Å². The average molecular weight is 523 g/mol. The summed E-state index contributed by atoms with van der Waals surface area (Å²) in [5, 5.41) is 11.4. The van der Waals surface area contributed by atoms with Crippen molar-refractivity contribution in [2.75, 3.05) is 18.2 Å². The summed E-state index contributed by atoms with van der Waals surface area (Å²) in [4.78, 5) is 24.8. The van der Waals surface area contributed by atoms with E-state index in [1.165, 1.54) is 19.2 Å². The summed E-state index contributed by atoms with van der Waals surface area (Å²) in [6, 6.07) is 23.7. The van der Waals surface area contributed by atoms with Gasteiger partial charge in [-0.2, -0.15) is 0 Å². The molecule has 4 aromatic rings. The molecule has 4 rings (SSSR count). The summed E-state index contributed by atoms with van der Waals surface area (Å²) in [6.07, 6.45) is 0. The first-order valence-electron chi connectivity index (χ1n) is 10.8. The number of carbonyl (C=O) groups excluding carboxylic acids is 2. The second-order valence-electron chi connectivity index (χ2n) is 7.52. The average Bonchev–Trinajstić information content (AvgIpc) is 3.30. The Morgan fingerprint density at radius 1 is 0.917 bits per heavy atom. The van der Waals surface area contributed by atoms with Crippen molar-refractivity contribution < 1.29 is 22.7 Å². The van der Waals surface area contributed by atoms with Gasteiger partial charge in [0, 0.05) is 5.69 Å². The first-order valence-corrected chi connectivity index (χ1v) is 13.4. The SMILES string of the molecule is COC(=O)c1ccccc1NC(=O)CSc1nnc(CS(=O)(=O)c2ccccc2)n1-c1ccccc1. The fraction of sp³-hybridized carbons (Fsp3) is 0.120. The zero-order chi connectivity index (χ0) is 25.5. The summed E-state index contributed by atoms with van der Waals surface area (Å²) in [5.74, 6) is -1.13. The number of esters is 1. The molecule has 1 amide bonds. The minimum atomic E-state index is -3.67. The van der Waals surface area contributed by atoms with Crippen LogP contribution in [0.3, 0.4) is 0 Å². The first-order chi connectivity index (χ1) is 17.4. The highest BCUT2D eigenvalue weighted by atomic mass is 32.2. The fourth-order valence-corrected chi connectivity index (χ4v) is 5.44. The normalized spacial score (nSPS) is 11.1. The van der Waals surface area contributed by atoms with E-state index in [1.807, 2.05) is 18.2 Å². The predicted octanol–water partition coefficient (Wildman–Crippen LogP) is 3.76. The highest BCUT2D eigenvalue weighted by Crippen LogP contribution is 2.25. The molecule has 0 aliphatic carbocycles. The Kier molecular flexibility index (Phi) is 7.81. The van der Waals surface area contributed by atoms with Gasteiger partial charge in [0.2, 0.25) is 5.91 Å². The largest absolute Gasteiger partial charge is 0.465 e. The molecule has 11 heteroatoms. The minimum Gasteiger partial charge on any atom is -0.465 e. The van der Waals surface area contributed by atoms with E-state index in [4.69, 9.17) is 4.74 Å². The molecule has 1 aromatic heterocycles. The van der Waals surface area contributed by atoms with E-state index in [-0.39, 0.29) is 33.7 Å². The highest BCUT2D eigenvalue weighted by Gasteiger charge is 2.23. The lowest BCUT2D eigenvalue weighted by Crippen LogP contribution is -2.17. The van der Waals surface area contributed by atoms with Crippen LogP contribution in [0.15, 0.2) is 95.0 Å².